The summed E-state index contributed by atoms with van der Waals surface area (Å²) in [6, 6.07) is 10.3. The minimum atomic E-state index is -3.48. The van der Waals surface area contributed by atoms with Crippen LogP contribution in [-0.2, 0) is 21.2 Å². The van der Waals surface area contributed by atoms with Crippen LogP contribution in [0.2, 0.25) is 10.0 Å². The summed E-state index contributed by atoms with van der Waals surface area (Å²) in [5.41, 5.74) is 2.26. The van der Waals surface area contributed by atoms with Crippen molar-refractivity contribution in [3.63, 3.8) is 0 Å². The van der Waals surface area contributed by atoms with Crippen LogP contribution < -0.4 is 9.64 Å². The van der Waals surface area contributed by atoms with Gasteiger partial charge < -0.3 is 14.5 Å². The second-order valence-electron chi connectivity index (χ2n) is 8.23. The number of sulfone groups is 1. The second kappa shape index (κ2) is 10.0. The number of piperazine rings is 1. The van der Waals surface area contributed by atoms with E-state index in [1.807, 2.05) is 12.1 Å². The lowest BCUT2D eigenvalue weighted by atomic mass is 10.2. The van der Waals surface area contributed by atoms with E-state index in [1.54, 1.807) is 37.1 Å². The number of ether oxygens (including phenoxy) is 1. The van der Waals surface area contributed by atoms with Gasteiger partial charge in [0.05, 0.1) is 28.5 Å². The Bertz CT molecular complexity index is 1370. The first-order valence-electron chi connectivity index (χ1n) is 10.8. The molecule has 186 valence electrons. The standard InChI is InChI=1S/C23H25Cl2N5O4S/c1-15-22(25)23(18-5-4-6-20(26-18)35(3,32)33)27-30(15)14-21(31)29-11-9-28(10-12-29)16-7-8-17(24)19(13-16)34-2/h4-8,13H,9-12,14H2,1-3H3. The zero-order chi connectivity index (χ0) is 25.3. The van der Waals surface area contributed by atoms with Gasteiger partial charge in [-0.25, -0.2) is 13.4 Å². The number of rotatable bonds is 6. The van der Waals surface area contributed by atoms with Crippen LogP contribution in [0.25, 0.3) is 11.4 Å². The van der Waals surface area contributed by atoms with Gasteiger partial charge >= 0.3 is 0 Å². The number of benzene rings is 1. The van der Waals surface area contributed by atoms with E-state index in [1.165, 1.54) is 10.7 Å². The van der Waals surface area contributed by atoms with Crippen molar-refractivity contribution in [1.82, 2.24) is 19.7 Å². The van der Waals surface area contributed by atoms with Crippen molar-refractivity contribution >= 4 is 44.6 Å². The summed E-state index contributed by atoms with van der Waals surface area (Å²) < 4.78 is 30.6. The molecule has 0 spiro atoms. The van der Waals surface area contributed by atoms with Gasteiger partial charge in [0.1, 0.15) is 18.0 Å². The summed E-state index contributed by atoms with van der Waals surface area (Å²) in [5.74, 6) is 0.533. The highest BCUT2D eigenvalue weighted by Crippen LogP contribution is 2.31. The SMILES string of the molecule is COc1cc(N2CCN(C(=O)Cn3nc(-c4cccc(S(C)(=O)=O)n4)c(Cl)c3C)CC2)ccc1Cl. The van der Waals surface area contributed by atoms with Crippen molar-refractivity contribution in [2.45, 2.75) is 18.5 Å². The summed E-state index contributed by atoms with van der Waals surface area (Å²) >= 11 is 12.6. The maximum atomic E-state index is 13.0. The molecule has 0 saturated carbocycles. The number of amides is 1. The largest absolute Gasteiger partial charge is 0.495 e. The maximum absolute atomic E-state index is 13.0. The molecule has 1 aliphatic heterocycles. The van der Waals surface area contributed by atoms with Crippen LogP contribution in [0.4, 0.5) is 5.69 Å². The van der Waals surface area contributed by atoms with Gasteiger partial charge in [0, 0.05) is 44.2 Å². The number of anilines is 1. The Morgan fingerprint density at radius 3 is 2.49 bits per heavy atom. The molecule has 1 aromatic carbocycles. The molecule has 9 nitrogen and oxygen atoms in total. The molecule has 1 fully saturated rings. The molecule has 0 radical (unpaired) electrons. The number of aromatic nitrogens is 3. The first-order valence-corrected chi connectivity index (χ1v) is 13.5. The molecule has 35 heavy (non-hydrogen) atoms. The molecule has 1 saturated heterocycles. The van der Waals surface area contributed by atoms with Gasteiger partial charge in [-0.15, -0.1) is 0 Å². The van der Waals surface area contributed by atoms with Crippen molar-refractivity contribution in [1.29, 1.82) is 0 Å². The molecule has 12 heteroatoms. The molecular weight excluding hydrogens is 513 g/mol. The first kappa shape index (κ1) is 25.3. The van der Waals surface area contributed by atoms with E-state index >= 15 is 0 Å². The smallest absolute Gasteiger partial charge is 0.244 e. The number of carbonyl (C=O) groups excluding carboxylic acids is 1. The Balaban J connectivity index is 1.45. The number of methoxy groups -OCH3 is 1. The third-order valence-corrected chi connectivity index (χ3v) is 7.65. The van der Waals surface area contributed by atoms with Crippen molar-refractivity contribution in [3.8, 4) is 17.1 Å². The van der Waals surface area contributed by atoms with Crippen LogP contribution in [0.3, 0.4) is 0 Å². The molecule has 4 rings (SSSR count). The molecule has 1 aliphatic rings. The van der Waals surface area contributed by atoms with E-state index in [4.69, 9.17) is 27.9 Å². The maximum Gasteiger partial charge on any atom is 0.244 e. The second-order valence-corrected chi connectivity index (χ2v) is 11.0. The Morgan fingerprint density at radius 2 is 1.83 bits per heavy atom. The zero-order valence-electron chi connectivity index (χ0n) is 19.5. The highest BCUT2D eigenvalue weighted by Gasteiger charge is 2.24. The average molecular weight is 538 g/mol. The number of carbonyl (C=O) groups is 1. The summed E-state index contributed by atoms with van der Waals surface area (Å²) in [4.78, 5) is 21.2. The molecule has 0 N–H and O–H groups in total. The molecule has 0 aliphatic carbocycles. The van der Waals surface area contributed by atoms with Crippen LogP contribution >= 0.6 is 23.2 Å². The summed E-state index contributed by atoms with van der Waals surface area (Å²) in [7, 11) is -1.90. The fraction of sp³-hybridized carbons (Fsp3) is 0.348. The predicted molar refractivity (Wildman–Crippen MR) is 135 cm³/mol. The quantitative estimate of drug-likeness (QED) is 0.475. The number of pyridine rings is 1. The van der Waals surface area contributed by atoms with E-state index in [0.29, 0.717) is 59.1 Å². The average Bonchev–Trinajstić information content (AvgIpc) is 3.12. The van der Waals surface area contributed by atoms with Crippen molar-refractivity contribution in [2.75, 3.05) is 44.4 Å². The third-order valence-electron chi connectivity index (χ3n) is 5.90. The van der Waals surface area contributed by atoms with Crippen LogP contribution in [0.5, 0.6) is 5.75 Å². The van der Waals surface area contributed by atoms with Crippen molar-refractivity contribution in [2.24, 2.45) is 0 Å². The highest BCUT2D eigenvalue weighted by molar-refractivity contribution is 7.90. The van der Waals surface area contributed by atoms with Gasteiger partial charge in [-0.1, -0.05) is 29.3 Å². The molecule has 3 heterocycles. The van der Waals surface area contributed by atoms with Crippen LogP contribution in [0.1, 0.15) is 5.69 Å². The fourth-order valence-corrected chi connectivity index (χ4v) is 4.90. The lowest BCUT2D eigenvalue weighted by molar-refractivity contribution is -0.132. The molecule has 2 aromatic heterocycles. The molecule has 0 unspecified atom stereocenters. The molecular formula is C23H25Cl2N5O4S. The lowest BCUT2D eigenvalue weighted by Gasteiger charge is -2.36. The third kappa shape index (κ3) is 5.39. The van der Waals surface area contributed by atoms with Crippen LogP contribution in [0, 0.1) is 6.92 Å². The number of hydrogen-bond donors (Lipinski definition) is 0. The highest BCUT2D eigenvalue weighted by atomic mass is 35.5. The summed E-state index contributed by atoms with van der Waals surface area (Å²) in [6.07, 6.45) is 1.09. The van der Waals surface area contributed by atoms with Gasteiger partial charge in [0.25, 0.3) is 0 Å². The van der Waals surface area contributed by atoms with E-state index in [2.05, 4.69) is 15.0 Å². The van der Waals surface area contributed by atoms with Gasteiger partial charge in [-0.05, 0) is 31.2 Å². The zero-order valence-corrected chi connectivity index (χ0v) is 21.9. The molecule has 0 atom stereocenters. The van der Waals surface area contributed by atoms with Gasteiger partial charge in [0.15, 0.2) is 14.9 Å². The van der Waals surface area contributed by atoms with Crippen molar-refractivity contribution < 1.29 is 17.9 Å². The van der Waals surface area contributed by atoms with Gasteiger partial charge in [-0.2, -0.15) is 5.10 Å². The van der Waals surface area contributed by atoms with Crippen molar-refractivity contribution in [3.05, 3.63) is 52.1 Å². The Labute approximate surface area is 214 Å². The summed E-state index contributed by atoms with van der Waals surface area (Å²) in [5, 5.41) is 5.29. The minimum absolute atomic E-state index is 0.0199. The molecule has 1 amide bonds. The normalized spacial score (nSPS) is 14.3. The monoisotopic (exact) mass is 537 g/mol. The number of nitrogens with zero attached hydrogens (tertiary/aromatic N) is 5. The predicted octanol–water partition coefficient (Wildman–Crippen LogP) is 3.32. The number of hydrogen-bond acceptors (Lipinski definition) is 7. The summed E-state index contributed by atoms with van der Waals surface area (Å²) in [6.45, 7) is 4.24. The van der Waals surface area contributed by atoms with Gasteiger partial charge in [0.2, 0.25) is 5.91 Å². The lowest BCUT2D eigenvalue weighted by Crippen LogP contribution is -2.49. The Kier molecular flexibility index (Phi) is 7.25. The van der Waals surface area contributed by atoms with Crippen LogP contribution in [0.15, 0.2) is 41.4 Å². The molecule has 0 bridgehead atoms. The topological polar surface area (TPSA) is 97.6 Å². The van der Waals surface area contributed by atoms with E-state index < -0.39 is 9.84 Å². The Hall–Kier alpha value is -2.82. The number of halogens is 2. The van der Waals surface area contributed by atoms with E-state index in [0.717, 1.165) is 11.9 Å². The van der Waals surface area contributed by atoms with E-state index in [-0.39, 0.29) is 17.5 Å². The van der Waals surface area contributed by atoms with Gasteiger partial charge in [-0.3, -0.25) is 9.48 Å². The van der Waals surface area contributed by atoms with Crippen LogP contribution in [-0.4, -0.2) is 73.5 Å². The first-order chi connectivity index (χ1) is 16.6. The van der Waals surface area contributed by atoms with E-state index in [9.17, 15) is 13.2 Å². The Morgan fingerprint density at radius 1 is 1.11 bits per heavy atom. The molecule has 3 aromatic rings. The minimum Gasteiger partial charge on any atom is -0.495 e. The fourth-order valence-electron chi connectivity index (χ4n) is 3.88.